The van der Waals surface area contributed by atoms with Crippen molar-refractivity contribution in [1.29, 1.82) is 0 Å². The van der Waals surface area contributed by atoms with Crippen LogP contribution in [-0.4, -0.2) is 35.0 Å². The summed E-state index contributed by atoms with van der Waals surface area (Å²) in [7, 11) is 0. The average Bonchev–Trinajstić information content (AvgIpc) is 3.09. The highest BCUT2D eigenvalue weighted by atomic mass is 32.1. The zero-order valence-electron chi connectivity index (χ0n) is 19.1. The van der Waals surface area contributed by atoms with E-state index in [9.17, 15) is 9.18 Å². The first-order chi connectivity index (χ1) is 15.3. The molecule has 4 heterocycles. The summed E-state index contributed by atoms with van der Waals surface area (Å²) in [5, 5.41) is 1.00. The van der Waals surface area contributed by atoms with Crippen molar-refractivity contribution in [3.63, 3.8) is 0 Å². The summed E-state index contributed by atoms with van der Waals surface area (Å²) in [5.74, 6) is 2.15. The molecule has 3 aromatic rings. The fourth-order valence-corrected chi connectivity index (χ4v) is 6.17. The summed E-state index contributed by atoms with van der Waals surface area (Å²) >= 11 is 1.46. The van der Waals surface area contributed by atoms with Crippen molar-refractivity contribution in [2.45, 2.75) is 59.4 Å². The van der Waals surface area contributed by atoms with Crippen LogP contribution < -0.4 is 9.80 Å². The van der Waals surface area contributed by atoms with Crippen LogP contribution in [0, 0.1) is 25.6 Å². The number of amides is 1. The lowest BCUT2D eigenvalue weighted by molar-refractivity contribution is 0.0978. The number of carbonyl (C=O) groups is 1. The molecule has 2 aliphatic rings. The Morgan fingerprint density at radius 2 is 1.88 bits per heavy atom. The van der Waals surface area contributed by atoms with E-state index in [0.29, 0.717) is 4.88 Å². The van der Waals surface area contributed by atoms with Crippen LogP contribution >= 0.6 is 11.3 Å². The second-order valence-electron chi connectivity index (χ2n) is 9.34. The van der Waals surface area contributed by atoms with E-state index in [1.807, 2.05) is 18.7 Å². The van der Waals surface area contributed by atoms with Gasteiger partial charge >= 0.3 is 0 Å². The first-order valence-corrected chi connectivity index (χ1v) is 12.3. The topological polar surface area (TPSA) is 49.3 Å². The Kier molecular flexibility index (Phi) is 5.40. The molecule has 5 rings (SSSR count). The van der Waals surface area contributed by atoms with E-state index in [4.69, 9.17) is 9.97 Å². The molecule has 0 N–H and O–H groups in total. The van der Waals surface area contributed by atoms with Gasteiger partial charge < -0.3 is 9.80 Å². The summed E-state index contributed by atoms with van der Waals surface area (Å²) in [6, 6.07) is 4.80. The molecule has 1 fully saturated rings. The second kappa shape index (κ2) is 8.10. The molecule has 2 aromatic heterocycles. The van der Waals surface area contributed by atoms with Crippen LogP contribution in [0.4, 0.5) is 15.9 Å². The molecular formula is C25H29FN4OS. The maximum atomic E-state index is 13.8. The van der Waals surface area contributed by atoms with Crippen LogP contribution in [0.3, 0.4) is 0 Å². The lowest BCUT2D eigenvalue weighted by Gasteiger charge is -2.35. The van der Waals surface area contributed by atoms with Gasteiger partial charge in [0.05, 0.1) is 10.3 Å². The van der Waals surface area contributed by atoms with Crippen molar-refractivity contribution < 1.29 is 9.18 Å². The number of anilines is 2. The van der Waals surface area contributed by atoms with Gasteiger partial charge in [-0.25, -0.2) is 14.4 Å². The van der Waals surface area contributed by atoms with Crippen molar-refractivity contribution in [2.24, 2.45) is 5.92 Å². The summed E-state index contributed by atoms with van der Waals surface area (Å²) < 4.78 is 13.8. The van der Waals surface area contributed by atoms with E-state index in [-0.39, 0.29) is 17.8 Å². The number of benzene rings is 1. The lowest BCUT2D eigenvalue weighted by Crippen LogP contribution is -2.42. The highest BCUT2D eigenvalue weighted by molar-refractivity contribution is 7.20. The normalized spacial score (nSPS) is 19.5. The van der Waals surface area contributed by atoms with Gasteiger partial charge in [0, 0.05) is 24.8 Å². The minimum absolute atomic E-state index is 0.0265. The Bertz CT molecular complexity index is 1200. The number of hydrogen-bond donors (Lipinski definition) is 0. The van der Waals surface area contributed by atoms with E-state index in [1.54, 1.807) is 12.1 Å². The molecule has 7 heteroatoms. The molecule has 1 unspecified atom stereocenters. The molecule has 32 heavy (non-hydrogen) atoms. The smallest absolute Gasteiger partial charge is 0.268 e. The molecule has 1 amide bonds. The molecule has 1 saturated heterocycles. The molecule has 0 aliphatic carbocycles. The van der Waals surface area contributed by atoms with Crippen LogP contribution in [0.2, 0.25) is 0 Å². The van der Waals surface area contributed by atoms with Gasteiger partial charge in [0.15, 0.2) is 0 Å². The number of thiophene rings is 1. The molecule has 1 aromatic carbocycles. The summed E-state index contributed by atoms with van der Waals surface area (Å²) in [6.07, 6.45) is 3.91. The first-order valence-electron chi connectivity index (χ1n) is 11.5. The van der Waals surface area contributed by atoms with E-state index in [0.717, 1.165) is 83.4 Å². The molecule has 1 atom stereocenters. The summed E-state index contributed by atoms with van der Waals surface area (Å²) in [4.78, 5) is 29.1. The zero-order chi connectivity index (χ0) is 22.6. The van der Waals surface area contributed by atoms with E-state index >= 15 is 0 Å². The lowest BCUT2D eigenvalue weighted by atomic mass is 9.96. The van der Waals surface area contributed by atoms with Gasteiger partial charge in [0.2, 0.25) is 0 Å². The van der Waals surface area contributed by atoms with Gasteiger partial charge in [0.25, 0.3) is 5.91 Å². The highest BCUT2D eigenvalue weighted by Gasteiger charge is 2.32. The number of fused-ring (bicyclic) bond motifs is 2. The predicted octanol–water partition coefficient (Wildman–Crippen LogP) is 5.67. The second-order valence-corrected chi connectivity index (χ2v) is 10.3. The zero-order valence-corrected chi connectivity index (χ0v) is 19.9. The highest BCUT2D eigenvalue weighted by Crippen LogP contribution is 2.39. The fraction of sp³-hybridized carbons (Fsp3) is 0.480. The fourth-order valence-electron chi connectivity index (χ4n) is 5.01. The number of hydrogen-bond acceptors (Lipinski definition) is 5. The molecule has 0 bridgehead atoms. The Hall–Kier alpha value is -2.54. The third-order valence-corrected chi connectivity index (χ3v) is 8.13. The number of carbonyl (C=O) groups excluding carboxylic acids is 1. The minimum Gasteiger partial charge on any atom is -0.356 e. The van der Waals surface area contributed by atoms with Crippen molar-refractivity contribution in [3.8, 4) is 0 Å². The summed E-state index contributed by atoms with van der Waals surface area (Å²) in [6.45, 7) is 10.3. The van der Waals surface area contributed by atoms with Crippen molar-refractivity contribution in [3.05, 3.63) is 45.8 Å². The third kappa shape index (κ3) is 3.56. The number of piperidine rings is 1. The molecule has 2 aliphatic heterocycles. The van der Waals surface area contributed by atoms with Gasteiger partial charge in [-0.05, 0) is 81.7 Å². The van der Waals surface area contributed by atoms with E-state index in [1.165, 1.54) is 17.4 Å². The largest absolute Gasteiger partial charge is 0.356 e. The molecule has 0 saturated carbocycles. The number of aryl methyl sites for hydroxylation is 3. The average molecular weight is 453 g/mol. The monoisotopic (exact) mass is 452 g/mol. The molecule has 0 radical (unpaired) electrons. The quantitative estimate of drug-likeness (QED) is 0.503. The number of rotatable bonds is 2. The molecular weight excluding hydrogens is 423 g/mol. The summed E-state index contributed by atoms with van der Waals surface area (Å²) in [5.41, 5.74) is 2.67. The Morgan fingerprint density at radius 3 is 2.62 bits per heavy atom. The SMILES string of the molecule is Cc1nc(N2CCC(C)CC2)c2c(C)c(C(=O)N3c4ccc(F)cc4CCC3C)sc2n1. The molecule has 168 valence electrons. The Balaban J connectivity index is 1.59. The van der Waals surface area contributed by atoms with Crippen molar-refractivity contribution >= 4 is 39.0 Å². The van der Waals surface area contributed by atoms with Gasteiger partial charge in [0.1, 0.15) is 22.3 Å². The number of halogens is 1. The first kappa shape index (κ1) is 21.3. The van der Waals surface area contributed by atoms with Gasteiger partial charge in [-0.1, -0.05) is 6.92 Å². The van der Waals surface area contributed by atoms with E-state index < -0.39 is 0 Å². The number of nitrogens with zero attached hydrogens (tertiary/aromatic N) is 4. The van der Waals surface area contributed by atoms with Gasteiger partial charge in [-0.2, -0.15) is 0 Å². The minimum atomic E-state index is -0.255. The van der Waals surface area contributed by atoms with E-state index in [2.05, 4.69) is 18.7 Å². The van der Waals surface area contributed by atoms with Crippen LogP contribution in [-0.2, 0) is 6.42 Å². The molecule has 5 nitrogen and oxygen atoms in total. The van der Waals surface area contributed by atoms with Crippen LogP contribution in [0.1, 0.15) is 59.7 Å². The van der Waals surface area contributed by atoms with Gasteiger partial charge in [-0.15, -0.1) is 11.3 Å². The maximum Gasteiger partial charge on any atom is 0.268 e. The van der Waals surface area contributed by atoms with Crippen LogP contribution in [0.15, 0.2) is 18.2 Å². The predicted molar refractivity (Wildman–Crippen MR) is 128 cm³/mol. The number of aromatic nitrogens is 2. The van der Waals surface area contributed by atoms with Crippen molar-refractivity contribution in [1.82, 2.24) is 9.97 Å². The Morgan fingerprint density at radius 1 is 1.12 bits per heavy atom. The maximum absolute atomic E-state index is 13.8. The standard InChI is InChI=1S/C25H29FN4OS/c1-14-9-11-29(12-10-14)23-21-16(3)22(32-24(21)28-17(4)27-23)25(31)30-15(2)5-6-18-13-19(26)7-8-20(18)30/h7-8,13-15H,5-6,9-12H2,1-4H3. The van der Waals surface area contributed by atoms with Crippen molar-refractivity contribution in [2.75, 3.05) is 22.9 Å². The van der Waals surface area contributed by atoms with Crippen LogP contribution in [0.5, 0.6) is 0 Å². The Labute approximate surface area is 192 Å². The van der Waals surface area contributed by atoms with Crippen LogP contribution in [0.25, 0.3) is 10.2 Å². The third-order valence-electron chi connectivity index (χ3n) is 6.95. The van der Waals surface area contributed by atoms with Gasteiger partial charge in [-0.3, -0.25) is 4.79 Å². The molecule has 0 spiro atoms.